The first kappa shape index (κ1) is 13.4. The van der Waals surface area contributed by atoms with Crippen molar-refractivity contribution < 1.29 is 26.7 Å². The molecule has 0 heterocycles. The van der Waals surface area contributed by atoms with E-state index in [0.29, 0.717) is 0 Å². The van der Waals surface area contributed by atoms with E-state index >= 15 is 0 Å². The summed E-state index contributed by atoms with van der Waals surface area (Å²) in [6.45, 7) is 0.852. The Labute approximate surface area is 64.6 Å². The molecule has 0 aromatic rings. The number of Topliss-reactive ketones (excluding diaryl/α,β-unsaturated/α-hetero) is 1. The Morgan fingerprint density at radius 3 is 1.58 bits per heavy atom. The molecule has 0 bridgehead atoms. The van der Waals surface area contributed by atoms with Crippen LogP contribution in [0.1, 0.15) is 6.92 Å². The summed E-state index contributed by atoms with van der Waals surface area (Å²) in [6.07, 6.45) is -7.44. The summed E-state index contributed by atoms with van der Waals surface area (Å²) >= 11 is 0. The molecular weight excluding hydrogens is 185 g/mol. The van der Waals surface area contributed by atoms with Crippen LogP contribution < -0.4 is 0 Å². The Bertz CT molecular complexity index is 179. The second-order valence-electron chi connectivity index (χ2n) is 1.52. The molecule has 7 heteroatoms. The molecule has 12 heavy (non-hydrogen) atoms. The monoisotopic (exact) mass is 189 g/mol. The van der Waals surface area contributed by atoms with Gasteiger partial charge in [0.2, 0.25) is 0 Å². The molecule has 0 amide bonds. The van der Waals surface area contributed by atoms with Crippen LogP contribution in [0.5, 0.6) is 0 Å². The lowest BCUT2D eigenvalue weighted by Gasteiger charge is -1.84. The maximum absolute atomic E-state index is 10.8. The van der Waals surface area contributed by atoms with Crippen molar-refractivity contribution in [3.05, 3.63) is 0 Å². The first-order valence-electron chi connectivity index (χ1n) is 2.47. The van der Waals surface area contributed by atoms with Gasteiger partial charge in [-0.05, 0) is 0 Å². The van der Waals surface area contributed by atoms with E-state index in [9.17, 15) is 26.7 Å². The van der Waals surface area contributed by atoms with Crippen LogP contribution >= 0.6 is 0 Å². The molecule has 70 valence electrons. The fourth-order valence-electron chi connectivity index (χ4n) is 0. The highest BCUT2D eigenvalue weighted by molar-refractivity contribution is 5.78. The summed E-state index contributed by atoms with van der Waals surface area (Å²) < 4.78 is 52.9. The van der Waals surface area contributed by atoms with Gasteiger partial charge in [-0.1, -0.05) is 0 Å². The Hall–Kier alpha value is -1.19. The van der Waals surface area contributed by atoms with Gasteiger partial charge < -0.3 is 0 Å². The number of carbonyl (C=O) groups excluding carboxylic acids is 1. The summed E-state index contributed by atoms with van der Waals surface area (Å²) in [5.41, 5.74) is 0. The SMILES string of the molecule is CC(=O)C(F)F.N#CC(F)(F)F. The highest BCUT2D eigenvalue weighted by Crippen LogP contribution is 2.10. The van der Waals surface area contributed by atoms with Crippen LogP contribution in [0.4, 0.5) is 22.0 Å². The molecule has 0 aromatic heterocycles. The van der Waals surface area contributed by atoms with Crippen LogP contribution in [0.3, 0.4) is 0 Å². The van der Waals surface area contributed by atoms with Crippen molar-refractivity contribution in [1.29, 1.82) is 5.26 Å². The maximum Gasteiger partial charge on any atom is 0.483 e. The fraction of sp³-hybridized carbons (Fsp3) is 0.600. The highest BCUT2D eigenvalue weighted by Gasteiger charge is 2.25. The molecule has 0 atom stereocenters. The lowest BCUT2D eigenvalue weighted by molar-refractivity contribution is -0.127. The van der Waals surface area contributed by atoms with Gasteiger partial charge in [0.15, 0.2) is 11.9 Å². The van der Waals surface area contributed by atoms with Crippen molar-refractivity contribution in [2.45, 2.75) is 19.5 Å². The molecule has 0 spiro atoms. The van der Waals surface area contributed by atoms with Crippen molar-refractivity contribution in [2.75, 3.05) is 0 Å². The zero-order valence-electron chi connectivity index (χ0n) is 5.82. The van der Waals surface area contributed by atoms with E-state index in [1.807, 2.05) is 0 Å². The van der Waals surface area contributed by atoms with E-state index < -0.39 is 18.4 Å². The molecule has 0 aromatic carbocycles. The summed E-state index contributed by atoms with van der Waals surface area (Å²) in [5.74, 6) is -1.07. The topological polar surface area (TPSA) is 40.9 Å². The third-order valence-electron chi connectivity index (χ3n) is 0.434. The molecule has 0 unspecified atom stereocenters. The largest absolute Gasteiger partial charge is 0.483 e. The lowest BCUT2D eigenvalue weighted by atomic mass is 10.5. The number of hydrogen-bond donors (Lipinski definition) is 0. The van der Waals surface area contributed by atoms with Crippen molar-refractivity contribution in [1.82, 2.24) is 0 Å². The smallest absolute Gasteiger partial charge is 0.294 e. The van der Waals surface area contributed by atoms with E-state index in [1.165, 1.54) is 0 Å². The van der Waals surface area contributed by atoms with Gasteiger partial charge in [0.05, 0.1) is 0 Å². The summed E-state index contributed by atoms with van der Waals surface area (Å²) in [5, 5.41) is 7.03. The molecule has 0 saturated heterocycles. The van der Waals surface area contributed by atoms with Crippen molar-refractivity contribution >= 4 is 5.78 Å². The molecule has 0 aliphatic heterocycles. The zero-order chi connectivity index (χ0) is 10.4. The van der Waals surface area contributed by atoms with Gasteiger partial charge >= 0.3 is 6.18 Å². The number of halogens is 5. The first-order chi connectivity index (χ1) is 5.20. The second kappa shape index (κ2) is 5.46. The molecule has 0 fully saturated rings. The standard InChI is InChI=1S/C3H4F2O.C2F3N/c1-2(6)3(4)5;3-2(4,5)1-6/h3H,1H3;. The van der Waals surface area contributed by atoms with Crippen LogP contribution in [0.2, 0.25) is 0 Å². The summed E-state index contributed by atoms with van der Waals surface area (Å²) in [4.78, 5) is 9.39. The molecular formula is C5H4F5NO. The van der Waals surface area contributed by atoms with Gasteiger partial charge in [0.1, 0.15) is 0 Å². The van der Waals surface area contributed by atoms with E-state index in [-0.39, 0.29) is 6.07 Å². The van der Waals surface area contributed by atoms with E-state index in [4.69, 9.17) is 5.26 Å². The number of nitriles is 1. The molecule has 0 aliphatic carbocycles. The normalized spacial score (nSPS) is 9.83. The quantitative estimate of drug-likeness (QED) is 0.591. The van der Waals surface area contributed by atoms with E-state index in [0.717, 1.165) is 6.92 Å². The minimum absolute atomic E-state index is 0.104. The highest BCUT2D eigenvalue weighted by atomic mass is 19.4. The third kappa shape index (κ3) is 15.9. The number of hydrogen-bond acceptors (Lipinski definition) is 2. The van der Waals surface area contributed by atoms with Gasteiger partial charge in [-0.3, -0.25) is 4.79 Å². The predicted molar refractivity (Wildman–Crippen MR) is 28.4 cm³/mol. The summed E-state index contributed by atoms with van der Waals surface area (Å²) in [7, 11) is 0. The molecule has 0 radical (unpaired) electrons. The van der Waals surface area contributed by atoms with E-state index in [2.05, 4.69) is 0 Å². The minimum atomic E-state index is -4.65. The van der Waals surface area contributed by atoms with Gasteiger partial charge in [0.25, 0.3) is 6.43 Å². The molecule has 0 N–H and O–H groups in total. The first-order valence-corrected chi connectivity index (χ1v) is 2.47. The summed E-state index contributed by atoms with van der Waals surface area (Å²) in [6, 6.07) is 0.104. The zero-order valence-corrected chi connectivity index (χ0v) is 5.82. The Kier molecular flexibility index (Phi) is 6.10. The number of carbonyl (C=O) groups is 1. The maximum atomic E-state index is 10.8. The Morgan fingerprint density at radius 2 is 1.58 bits per heavy atom. The van der Waals surface area contributed by atoms with Crippen molar-refractivity contribution in [3.8, 4) is 6.07 Å². The second-order valence-corrected chi connectivity index (χ2v) is 1.52. The average molecular weight is 189 g/mol. The van der Waals surface area contributed by atoms with Crippen molar-refractivity contribution in [2.24, 2.45) is 0 Å². The number of alkyl halides is 5. The van der Waals surface area contributed by atoms with Gasteiger partial charge in [-0.2, -0.15) is 18.4 Å². The van der Waals surface area contributed by atoms with Gasteiger partial charge in [-0.25, -0.2) is 8.78 Å². The Balaban J connectivity index is 0. The molecule has 0 rings (SSSR count). The molecule has 2 nitrogen and oxygen atoms in total. The lowest BCUT2D eigenvalue weighted by Crippen LogP contribution is -2.02. The average Bonchev–Trinajstić information content (AvgIpc) is 1.87. The van der Waals surface area contributed by atoms with Gasteiger partial charge in [0, 0.05) is 6.92 Å². The van der Waals surface area contributed by atoms with Crippen molar-refractivity contribution in [3.63, 3.8) is 0 Å². The minimum Gasteiger partial charge on any atom is -0.294 e. The van der Waals surface area contributed by atoms with Crippen LogP contribution in [0.25, 0.3) is 0 Å². The van der Waals surface area contributed by atoms with Crippen LogP contribution in [-0.2, 0) is 4.79 Å². The van der Waals surface area contributed by atoms with Gasteiger partial charge in [-0.15, -0.1) is 0 Å². The van der Waals surface area contributed by atoms with Crippen LogP contribution in [-0.4, -0.2) is 18.4 Å². The number of rotatable bonds is 1. The van der Waals surface area contributed by atoms with Crippen LogP contribution in [0, 0.1) is 11.3 Å². The number of ketones is 1. The van der Waals surface area contributed by atoms with E-state index in [1.54, 1.807) is 0 Å². The van der Waals surface area contributed by atoms with Crippen LogP contribution in [0.15, 0.2) is 0 Å². The fourth-order valence-corrected chi connectivity index (χ4v) is 0. The number of nitrogens with zero attached hydrogens (tertiary/aromatic N) is 1. The molecule has 0 saturated carbocycles. The third-order valence-corrected chi connectivity index (χ3v) is 0.434. The Morgan fingerprint density at radius 1 is 1.42 bits per heavy atom. The molecule has 0 aliphatic rings. The predicted octanol–water partition coefficient (Wildman–Crippen LogP) is 1.91.